The molecule has 0 saturated carbocycles. The summed E-state index contributed by atoms with van der Waals surface area (Å²) < 4.78 is 44.1. The molecule has 1 saturated heterocycles. The maximum absolute atomic E-state index is 13.0. The van der Waals surface area contributed by atoms with Gasteiger partial charge in [-0.25, -0.2) is 0 Å². The highest BCUT2D eigenvalue weighted by Gasteiger charge is 2.31. The lowest BCUT2D eigenvalue weighted by Gasteiger charge is -2.22. The number of hydrogen-bond donors (Lipinski definition) is 1. The summed E-state index contributed by atoms with van der Waals surface area (Å²) >= 11 is 0. The highest BCUT2D eigenvalue weighted by molar-refractivity contribution is 6.03. The van der Waals surface area contributed by atoms with E-state index in [0.717, 1.165) is 38.1 Å². The van der Waals surface area contributed by atoms with Crippen molar-refractivity contribution in [1.82, 2.24) is 0 Å². The normalized spacial score (nSPS) is 15.1. The first kappa shape index (κ1) is 17.1. The first-order chi connectivity index (χ1) is 11.9. The predicted octanol–water partition coefficient (Wildman–Crippen LogP) is 4.55. The van der Waals surface area contributed by atoms with E-state index in [4.69, 9.17) is 4.42 Å². The van der Waals surface area contributed by atoms with E-state index in [1.165, 1.54) is 24.5 Å². The molecule has 3 rings (SSSR count). The van der Waals surface area contributed by atoms with Crippen LogP contribution in [-0.4, -0.2) is 19.0 Å². The van der Waals surface area contributed by atoms with E-state index in [1.54, 1.807) is 12.1 Å². The van der Waals surface area contributed by atoms with Crippen molar-refractivity contribution in [2.75, 3.05) is 23.3 Å². The SMILES string of the molecule is O=C(/C=C/c1ccco1)Nc1cc(C(F)(F)F)ccc1N1CCCC1. The van der Waals surface area contributed by atoms with Gasteiger partial charge in [-0.1, -0.05) is 0 Å². The largest absolute Gasteiger partial charge is 0.465 e. The number of rotatable bonds is 4. The summed E-state index contributed by atoms with van der Waals surface area (Å²) in [7, 11) is 0. The maximum atomic E-state index is 13.0. The number of benzene rings is 1. The van der Waals surface area contributed by atoms with E-state index >= 15 is 0 Å². The Hall–Kier alpha value is -2.70. The molecular weight excluding hydrogens is 333 g/mol. The van der Waals surface area contributed by atoms with Gasteiger partial charge in [0.25, 0.3) is 0 Å². The molecule has 0 spiro atoms. The van der Waals surface area contributed by atoms with Crippen LogP contribution in [0.5, 0.6) is 0 Å². The summed E-state index contributed by atoms with van der Waals surface area (Å²) in [5.41, 5.74) is -0.0307. The van der Waals surface area contributed by atoms with Crippen LogP contribution in [0.1, 0.15) is 24.2 Å². The summed E-state index contributed by atoms with van der Waals surface area (Å²) in [6.45, 7) is 1.52. The number of anilines is 2. The van der Waals surface area contributed by atoms with E-state index in [0.29, 0.717) is 11.4 Å². The number of amides is 1. The van der Waals surface area contributed by atoms with Crippen LogP contribution in [0, 0.1) is 0 Å². The zero-order chi connectivity index (χ0) is 17.9. The molecule has 0 unspecified atom stereocenters. The van der Waals surface area contributed by atoms with Crippen molar-refractivity contribution in [2.24, 2.45) is 0 Å². The van der Waals surface area contributed by atoms with Crippen LogP contribution in [0.4, 0.5) is 24.5 Å². The number of alkyl halides is 3. The molecule has 1 amide bonds. The molecule has 1 aromatic heterocycles. The summed E-state index contributed by atoms with van der Waals surface area (Å²) in [6, 6.07) is 6.79. The Morgan fingerprint density at radius 2 is 1.96 bits per heavy atom. The number of nitrogens with one attached hydrogen (secondary N) is 1. The van der Waals surface area contributed by atoms with Crippen LogP contribution in [0.25, 0.3) is 6.08 Å². The van der Waals surface area contributed by atoms with Gasteiger partial charge in [0.2, 0.25) is 5.91 Å². The van der Waals surface area contributed by atoms with Gasteiger partial charge in [-0.2, -0.15) is 13.2 Å². The van der Waals surface area contributed by atoms with E-state index < -0.39 is 17.6 Å². The standard InChI is InChI=1S/C18H17F3N2O2/c19-18(20,21)13-5-7-16(23-9-1-2-10-23)15(12-13)22-17(24)8-6-14-4-3-11-25-14/h3-8,11-12H,1-2,9-10H2,(H,22,24)/b8-6+. The van der Waals surface area contributed by atoms with Gasteiger partial charge < -0.3 is 14.6 Å². The summed E-state index contributed by atoms with van der Waals surface area (Å²) in [4.78, 5) is 14.1. The van der Waals surface area contributed by atoms with Crippen molar-refractivity contribution in [3.05, 3.63) is 54.0 Å². The van der Waals surface area contributed by atoms with Crippen LogP contribution in [0.3, 0.4) is 0 Å². The molecular formula is C18H17F3N2O2. The van der Waals surface area contributed by atoms with Crippen molar-refractivity contribution in [2.45, 2.75) is 19.0 Å². The predicted molar refractivity (Wildman–Crippen MR) is 89.3 cm³/mol. The van der Waals surface area contributed by atoms with E-state index in [2.05, 4.69) is 5.32 Å². The van der Waals surface area contributed by atoms with Gasteiger partial charge in [-0.3, -0.25) is 4.79 Å². The van der Waals surface area contributed by atoms with Gasteiger partial charge in [0.15, 0.2) is 0 Å². The van der Waals surface area contributed by atoms with Crippen molar-refractivity contribution in [3.63, 3.8) is 0 Å². The Bertz CT molecular complexity index is 761. The molecule has 7 heteroatoms. The number of halogens is 3. The van der Waals surface area contributed by atoms with Gasteiger partial charge in [-0.05, 0) is 49.2 Å². The first-order valence-electron chi connectivity index (χ1n) is 7.92. The molecule has 0 bridgehead atoms. The fraction of sp³-hybridized carbons (Fsp3) is 0.278. The maximum Gasteiger partial charge on any atom is 0.416 e. The van der Waals surface area contributed by atoms with Gasteiger partial charge in [-0.15, -0.1) is 0 Å². The van der Waals surface area contributed by atoms with Crippen molar-refractivity contribution < 1.29 is 22.4 Å². The van der Waals surface area contributed by atoms with Crippen LogP contribution >= 0.6 is 0 Å². The minimum absolute atomic E-state index is 0.158. The molecule has 1 aromatic carbocycles. The van der Waals surface area contributed by atoms with E-state index in [1.807, 2.05) is 4.90 Å². The second-order valence-corrected chi connectivity index (χ2v) is 5.76. The first-order valence-corrected chi connectivity index (χ1v) is 7.92. The second kappa shape index (κ2) is 7.04. The number of carbonyl (C=O) groups excluding carboxylic acids is 1. The fourth-order valence-corrected chi connectivity index (χ4v) is 2.76. The zero-order valence-electron chi connectivity index (χ0n) is 13.3. The van der Waals surface area contributed by atoms with Gasteiger partial charge >= 0.3 is 6.18 Å². The van der Waals surface area contributed by atoms with Crippen LogP contribution in [0.15, 0.2) is 47.1 Å². The average molecular weight is 350 g/mol. The molecule has 0 atom stereocenters. The highest BCUT2D eigenvalue weighted by atomic mass is 19.4. The summed E-state index contributed by atoms with van der Waals surface area (Å²) in [5, 5.41) is 2.55. The van der Waals surface area contributed by atoms with E-state index in [9.17, 15) is 18.0 Å². The van der Waals surface area contributed by atoms with Crippen LogP contribution < -0.4 is 10.2 Å². The molecule has 1 N–H and O–H groups in total. The Morgan fingerprint density at radius 1 is 1.20 bits per heavy atom. The molecule has 2 heterocycles. The Balaban J connectivity index is 1.84. The molecule has 25 heavy (non-hydrogen) atoms. The zero-order valence-corrected chi connectivity index (χ0v) is 13.3. The van der Waals surface area contributed by atoms with Crippen molar-refractivity contribution >= 4 is 23.4 Å². The Labute approximate surface area is 142 Å². The molecule has 132 valence electrons. The summed E-state index contributed by atoms with van der Waals surface area (Å²) in [5.74, 6) is -0.0323. The third kappa shape index (κ3) is 4.23. The van der Waals surface area contributed by atoms with Gasteiger partial charge in [0.1, 0.15) is 5.76 Å². The second-order valence-electron chi connectivity index (χ2n) is 5.76. The monoisotopic (exact) mass is 350 g/mol. The number of carbonyl (C=O) groups is 1. The Kier molecular flexibility index (Phi) is 4.83. The number of nitrogens with zero attached hydrogens (tertiary/aromatic N) is 1. The van der Waals surface area contributed by atoms with Crippen molar-refractivity contribution in [3.8, 4) is 0 Å². The molecule has 0 radical (unpaired) electrons. The molecule has 2 aromatic rings. The molecule has 0 aliphatic carbocycles. The lowest BCUT2D eigenvalue weighted by Crippen LogP contribution is -2.21. The minimum atomic E-state index is -4.47. The third-order valence-electron chi connectivity index (χ3n) is 3.97. The van der Waals surface area contributed by atoms with Gasteiger partial charge in [0.05, 0.1) is 23.2 Å². The fourth-order valence-electron chi connectivity index (χ4n) is 2.76. The topological polar surface area (TPSA) is 45.5 Å². The quantitative estimate of drug-likeness (QED) is 0.823. The number of furan rings is 1. The smallest absolute Gasteiger partial charge is 0.416 e. The van der Waals surface area contributed by atoms with Gasteiger partial charge in [0, 0.05) is 19.2 Å². The lowest BCUT2D eigenvalue weighted by molar-refractivity contribution is -0.137. The van der Waals surface area contributed by atoms with E-state index in [-0.39, 0.29) is 5.69 Å². The Morgan fingerprint density at radius 3 is 2.60 bits per heavy atom. The highest BCUT2D eigenvalue weighted by Crippen LogP contribution is 2.36. The number of hydrogen-bond acceptors (Lipinski definition) is 3. The third-order valence-corrected chi connectivity index (χ3v) is 3.97. The van der Waals surface area contributed by atoms with Crippen LogP contribution in [0.2, 0.25) is 0 Å². The van der Waals surface area contributed by atoms with Crippen molar-refractivity contribution in [1.29, 1.82) is 0 Å². The molecule has 1 aliphatic rings. The van der Waals surface area contributed by atoms with Crippen LogP contribution in [-0.2, 0) is 11.0 Å². The molecule has 1 fully saturated rings. The molecule has 1 aliphatic heterocycles. The average Bonchev–Trinajstić information content (AvgIpc) is 3.26. The molecule has 4 nitrogen and oxygen atoms in total. The lowest BCUT2D eigenvalue weighted by atomic mass is 10.1. The minimum Gasteiger partial charge on any atom is -0.465 e. The summed E-state index contributed by atoms with van der Waals surface area (Å²) in [6.07, 6.45) is 1.65.